The minimum absolute atomic E-state index is 0.126. The number of pyridine rings is 1. The summed E-state index contributed by atoms with van der Waals surface area (Å²) in [5.41, 5.74) is 0.0387. The summed E-state index contributed by atoms with van der Waals surface area (Å²) in [5.74, 6) is 0.684. The van der Waals surface area contributed by atoms with Crippen molar-refractivity contribution >= 4 is 23.2 Å². The van der Waals surface area contributed by atoms with Crippen LogP contribution in [0.15, 0.2) is 18.3 Å². The average molecular weight is 257 g/mol. The molecule has 0 atom stereocenters. The van der Waals surface area contributed by atoms with E-state index in [1.54, 1.807) is 32.2 Å². The minimum atomic E-state index is -0.597. The van der Waals surface area contributed by atoms with Crippen molar-refractivity contribution in [2.24, 2.45) is 5.41 Å². The number of rotatable bonds is 5. The van der Waals surface area contributed by atoms with Crippen LogP contribution in [0.2, 0.25) is 0 Å². The first-order valence-corrected chi connectivity index (χ1v) is 5.99. The van der Waals surface area contributed by atoms with Crippen LogP contribution in [0.25, 0.3) is 0 Å². The summed E-state index contributed by atoms with van der Waals surface area (Å²) in [6, 6.07) is 3.47. The number of amides is 1. The first-order valence-electron chi connectivity index (χ1n) is 5.46. The molecule has 0 radical (unpaired) electrons. The summed E-state index contributed by atoms with van der Waals surface area (Å²) < 4.78 is 5.21. The van der Waals surface area contributed by atoms with Crippen LogP contribution in [-0.2, 0) is 4.79 Å². The number of halogens is 1. The highest BCUT2D eigenvalue weighted by molar-refractivity contribution is 6.20. The first kappa shape index (κ1) is 13.8. The quantitative estimate of drug-likeness (QED) is 0.824. The third-order valence-electron chi connectivity index (χ3n) is 2.24. The van der Waals surface area contributed by atoms with Gasteiger partial charge in [0.1, 0.15) is 0 Å². The summed E-state index contributed by atoms with van der Waals surface area (Å²) in [6.07, 6.45) is 1.56. The number of carbonyl (C=O) groups excluding carboxylic acids is 1. The summed E-state index contributed by atoms with van der Waals surface area (Å²) in [4.78, 5) is 15.9. The Morgan fingerprint density at radius 1 is 1.53 bits per heavy atom. The Bertz CT molecular complexity index is 377. The van der Waals surface area contributed by atoms with Gasteiger partial charge >= 0.3 is 0 Å². The molecule has 0 unspecified atom stereocenters. The molecule has 0 fully saturated rings. The van der Waals surface area contributed by atoms with Crippen LogP contribution in [0.4, 0.5) is 5.69 Å². The third kappa shape index (κ3) is 3.89. The number of hydrogen-bond acceptors (Lipinski definition) is 3. The Morgan fingerprint density at radius 3 is 2.71 bits per heavy atom. The van der Waals surface area contributed by atoms with E-state index in [2.05, 4.69) is 10.3 Å². The van der Waals surface area contributed by atoms with E-state index in [4.69, 9.17) is 16.3 Å². The van der Waals surface area contributed by atoms with Crippen LogP contribution in [0.5, 0.6) is 5.88 Å². The number of anilines is 1. The van der Waals surface area contributed by atoms with Crippen LogP contribution in [-0.4, -0.2) is 23.4 Å². The molecule has 17 heavy (non-hydrogen) atoms. The fraction of sp³-hybridized carbons (Fsp3) is 0.500. The molecule has 1 heterocycles. The van der Waals surface area contributed by atoms with Crippen LogP contribution < -0.4 is 10.1 Å². The van der Waals surface area contributed by atoms with Gasteiger partial charge in [0, 0.05) is 11.9 Å². The van der Waals surface area contributed by atoms with Crippen molar-refractivity contribution in [3.63, 3.8) is 0 Å². The predicted molar refractivity (Wildman–Crippen MR) is 68.5 cm³/mol. The number of carbonyl (C=O) groups is 1. The van der Waals surface area contributed by atoms with Gasteiger partial charge in [0.15, 0.2) is 0 Å². The van der Waals surface area contributed by atoms with Gasteiger partial charge < -0.3 is 10.1 Å². The van der Waals surface area contributed by atoms with Gasteiger partial charge in [0.05, 0.1) is 23.9 Å². The summed E-state index contributed by atoms with van der Waals surface area (Å²) in [5, 5.41) is 2.76. The SMILES string of the molecule is CCOc1ccc(NC(=O)C(C)(C)CCl)cn1. The first-order chi connectivity index (χ1) is 7.99. The molecule has 0 aliphatic heterocycles. The molecule has 1 rings (SSSR count). The molecule has 1 aromatic heterocycles. The van der Waals surface area contributed by atoms with E-state index in [1.807, 2.05) is 6.92 Å². The van der Waals surface area contributed by atoms with Crippen molar-refractivity contribution in [3.8, 4) is 5.88 Å². The number of nitrogens with zero attached hydrogens (tertiary/aromatic N) is 1. The largest absolute Gasteiger partial charge is 0.478 e. The van der Waals surface area contributed by atoms with E-state index in [-0.39, 0.29) is 11.8 Å². The van der Waals surface area contributed by atoms with Crippen molar-refractivity contribution < 1.29 is 9.53 Å². The predicted octanol–water partition coefficient (Wildman–Crippen LogP) is 2.68. The Labute approximate surface area is 106 Å². The smallest absolute Gasteiger partial charge is 0.231 e. The molecular formula is C12H17ClN2O2. The van der Waals surface area contributed by atoms with Gasteiger partial charge in [-0.15, -0.1) is 11.6 Å². The van der Waals surface area contributed by atoms with Gasteiger partial charge in [0.2, 0.25) is 11.8 Å². The maximum Gasteiger partial charge on any atom is 0.231 e. The lowest BCUT2D eigenvalue weighted by Crippen LogP contribution is -2.32. The van der Waals surface area contributed by atoms with Gasteiger partial charge in [-0.3, -0.25) is 4.79 Å². The zero-order valence-electron chi connectivity index (χ0n) is 10.3. The number of hydrogen-bond donors (Lipinski definition) is 1. The standard InChI is InChI=1S/C12H17ClN2O2/c1-4-17-10-6-5-9(7-14-10)15-11(16)12(2,3)8-13/h5-7H,4,8H2,1-3H3,(H,15,16). The lowest BCUT2D eigenvalue weighted by Gasteiger charge is -2.20. The molecule has 1 amide bonds. The number of aromatic nitrogens is 1. The second-order valence-corrected chi connectivity index (χ2v) is 4.56. The summed E-state index contributed by atoms with van der Waals surface area (Å²) in [7, 11) is 0. The molecule has 0 bridgehead atoms. The Morgan fingerprint density at radius 2 is 2.24 bits per heavy atom. The normalized spacial score (nSPS) is 11.1. The summed E-state index contributed by atoms with van der Waals surface area (Å²) in [6.45, 7) is 6.03. The highest BCUT2D eigenvalue weighted by Crippen LogP contribution is 2.20. The molecule has 0 aliphatic rings. The molecule has 4 nitrogen and oxygen atoms in total. The molecule has 0 aliphatic carbocycles. The van der Waals surface area contributed by atoms with Crippen molar-refractivity contribution in [2.45, 2.75) is 20.8 Å². The molecule has 1 aromatic rings. The van der Waals surface area contributed by atoms with E-state index in [1.165, 1.54) is 0 Å². The monoisotopic (exact) mass is 256 g/mol. The molecular weight excluding hydrogens is 240 g/mol. The van der Waals surface area contributed by atoms with E-state index in [0.29, 0.717) is 18.2 Å². The molecule has 94 valence electrons. The maximum atomic E-state index is 11.8. The average Bonchev–Trinajstić information content (AvgIpc) is 2.32. The zero-order valence-corrected chi connectivity index (χ0v) is 11.0. The van der Waals surface area contributed by atoms with Crippen molar-refractivity contribution in [1.29, 1.82) is 0 Å². The molecule has 1 N–H and O–H groups in total. The number of nitrogens with one attached hydrogen (secondary N) is 1. The number of ether oxygens (including phenoxy) is 1. The van der Waals surface area contributed by atoms with Crippen LogP contribution in [0.3, 0.4) is 0 Å². The van der Waals surface area contributed by atoms with Gasteiger partial charge in [-0.05, 0) is 26.8 Å². The van der Waals surface area contributed by atoms with Gasteiger partial charge in [-0.2, -0.15) is 0 Å². The van der Waals surface area contributed by atoms with E-state index >= 15 is 0 Å². The second kappa shape index (κ2) is 5.87. The zero-order chi connectivity index (χ0) is 12.9. The van der Waals surface area contributed by atoms with Crippen LogP contribution >= 0.6 is 11.6 Å². The minimum Gasteiger partial charge on any atom is -0.478 e. The van der Waals surface area contributed by atoms with Crippen LogP contribution in [0, 0.1) is 5.41 Å². The van der Waals surface area contributed by atoms with E-state index < -0.39 is 5.41 Å². The maximum absolute atomic E-state index is 11.8. The van der Waals surface area contributed by atoms with Crippen molar-refractivity contribution in [2.75, 3.05) is 17.8 Å². The van der Waals surface area contributed by atoms with Gasteiger partial charge in [0.25, 0.3) is 0 Å². The lowest BCUT2D eigenvalue weighted by molar-refractivity contribution is -0.122. The fourth-order valence-corrected chi connectivity index (χ4v) is 1.17. The topological polar surface area (TPSA) is 51.2 Å². The van der Waals surface area contributed by atoms with Gasteiger partial charge in [-0.1, -0.05) is 0 Å². The van der Waals surface area contributed by atoms with Gasteiger partial charge in [-0.25, -0.2) is 4.98 Å². The highest BCUT2D eigenvalue weighted by Gasteiger charge is 2.26. The highest BCUT2D eigenvalue weighted by atomic mass is 35.5. The third-order valence-corrected chi connectivity index (χ3v) is 2.90. The number of alkyl halides is 1. The summed E-state index contributed by atoms with van der Waals surface area (Å²) >= 11 is 5.72. The fourth-order valence-electron chi connectivity index (χ4n) is 1.05. The Balaban J connectivity index is 2.66. The molecule has 5 heteroatoms. The van der Waals surface area contributed by atoms with Crippen molar-refractivity contribution in [1.82, 2.24) is 4.98 Å². The van der Waals surface area contributed by atoms with Crippen molar-refractivity contribution in [3.05, 3.63) is 18.3 Å². The molecule has 0 saturated carbocycles. The van der Waals surface area contributed by atoms with E-state index in [9.17, 15) is 4.79 Å². The lowest BCUT2D eigenvalue weighted by atomic mass is 9.95. The Hall–Kier alpha value is -1.29. The van der Waals surface area contributed by atoms with Crippen LogP contribution in [0.1, 0.15) is 20.8 Å². The molecule has 0 spiro atoms. The Kier molecular flexibility index (Phi) is 4.75. The molecule has 0 saturated heterocycles. The second-order valence-electron chi connectivity index (χ2n) is 4.29. The van der Waals surface area contributed by atoms with E-state index in [0.717, 1.165) is 0 Å². The molecule has 0 aromatic carbocycles.